The molecule has 0 bridgehead atoms. The maximum Gasteiger partial charge on any atom is 0.159 e. The summed E-state index contributed by atoms with van der Waals surface area (Å²) >= 11 is 3.55. The van der Waals surface area contributed by atoms with E-state index in [9.17, 15) is 8.78 Å². The van der Waals surface area contributed by atoms with Crippen LogP contribution in [0.2, 0.25) is 0 Å². The van der Waals surface area contributed by atoms with E-state index in [1.54, 1.807) is 6.07 Å². The van der Waals surface area contributed by atoms with Gasteiger partial charge in [-0.2, -0.15) is 0 Å². The summed E-state index contributed by atoms with van der Waals surface area (Å²) in [6.07, 6.45) is 0. The van der Waals surface area contributed by atoms with E-state index in [4.69, 9.17) is 0 Å². The lowest BCUT2D eigenvalue weighted by molar-refractivity contribution is 0.507. The van der Waals surface area contributed by atoms with Crippen LogP contribution in [-0.2, 0) is 0 Å². The summed E-state index contributed by atoms with van der Waals surface area (Å²) in [6.45, 7) is 4.01. The van der Waals surface area contributed by atoms with Crippen LogP contribution in [-0.4, -0.2) is 0 Å². The van der Waals surface area contributed by atoms with E-state index < -0.39 is 11.6 Å². The van der Waals surface area contributed by atoms with Crippen molar-refractivity contribution < 1.29 is 8.78 Å². The molecular formula is C15H13BrF2. The van der Waals surface area contributed by atoms with Crippen LogP contribution in [0.15, 0.2) is 36.4 Å². The highest BCUT2D eigenvalue weighted by Gasteiger charge is 2.14. The first kappa shape index (κ1) is 13.2. The van der Waals surface area contributed by atoms with E-state index in [1.807, 2.05) is 26.0 Å². The Morgan fingerprint density at radius 2 is 1.67 bits per heavy atom. The quantitative estimate of drug-likeness (QED) is 0.680. The van der Waals surface area contributed by atoms with Crippen molar-refractivity contribution in [3.63, 3.8) is 0 Å². The fourth-order valence-electron chi connectivity index (χ4n) is 1.88. The molecule has 1 atom stereocenters. The van der Waals surface area contributed by atoms with Crippen molar-refractivity contribution in [3.8, 4) is 0 Å². The van der Waals surface area contributed by atoms with Gasteiger partial charge in [-0.15, -0.1) is 0 Å². The van der Waals surface area contributed by atoms with E-state index in [-0.39, 0.29) is 4.83 Å². The molecule has 1 unspecified atom stereocenters. The Hall–Kier alpha value is -1.22. The molecule has 0 saturated heterocycles. The third-order valence-corrected chi connectivity index (χ3v) is 3.97. The predicted molar refractivity (Wildman–Crippen MR) is 73.0 cm³/mol. The molecule has 0 aliphatic carbocycles. The number of hydrogen-bond donors (Lipinski definition) is 0. The lowest BCUT2D eigenvalue weighted by Crippen LogP contribution is -1.98. The molecule has 2 aromatic rings. The zero-order valence-corrected chi connectivity index (χ0v) is 11.8. The summed E-state index contributed by atoms with van der Waals surface area (Å²) in [7, 11) is 0. The maximum atomic E-state index is 13.2. The summed E-state index contributed by atoms with van der Waals surface area (Å²) in [5.41, 5.74) is 4.04. The third kappa shape index (κ3) is 2.61. The van der Waals surface area contributed by atoms with Gasteiger partial charge >= 0.3 is 0 Å². The second kappa shape index (κ2) is 5.19. The van der Waals surface area contributed by atoms with Crippen LogP contribution >= 0.6 is 15.9 Å². The van der Waals surface area contributed by atoms with Crippen molar-refractivity contribution in [3.05, 3.63) is 70.3 Å². The van der Waals surface area contributed by atoms with Crippen molar-refractivity contribution in [1.29, 1.82) is 0 Å². The number of aryl methyl sites for hydroxylation is 2. The summed E-state index contributed by atoms with van der Waals surface area (Å²) in [5, 5.41) is 0. The number of rotatable bonds is 2. The van der Waals surface area contributed by atoms with Gasteiger partial charge in [-0.25, -0.2) is 8.78 Å². The Balaban J connectivity index is 2.44. The molecule has 0 aliphatic rings. The van der Waals surface area contributed by atoms with Gasteiger partial charge in [0.2, 0.25) is 0 Å². The van der Waals surface area contributed by atoms with Crippen LogP contribution < -0.4 is 0 Å². The summed E-state index contributed by atoms with van der Waals surface area (Å²) in [4.78, 5) is -0.132. The highest BCUT2D eigenvalue weighted by Crippen LogP contribution is 2.33. The van der Waals surface area contributed by atoms with Crippen molar-refractivity contribution in [2.75, 3.05) is 0 Å². The molecule has 3 heteroatoms. The average molecular weight is 311 g/mol. The van der Waals surface area contributed by atoms with Crippen molar-refractivity contribution >= 4 is 15.9 Å². The second-order valence-corrected chi connectivity index (χ2v) is 5.31. The summed E-state index contributed by atoms with van der Waals surface area (Å²) < 4.78 is 26.2. The van der Waals surface area contributed by atoms with Gasteiger partial charge in [0.05, 0.1) is 4.83 Å². The molecule has 0 N–H and O–H groups in total. The maximum absolute atomic E-state index is 13.2. The van der Waals surface area contributed by atoms with Gasteiger partial charge in [-0.3, -0.25) is 0 Å². The van der Waals surface area contributed by atoms with Gasteiger partial charge in [-0.05, 0) is 42.7 Å². The average Bonchev–Trinajstić information content (AvgIpc) is 2.35. The molecular weight excluding hydrogens is 298 g/mol. The molecule has 0 heterocycles. The largest absolute Gasteiger partial charge is 0.204 e. The van der Waals surface area contributed by atoms with E-state index in [0.717, 1.165) is 22.8 Å². The molecule has 0 spiro atoms. The van der Waals surface area contributed by atoms with E-state index >= 15 is 0 Å². The number of benzene rings is 2. The molecule has 2 rings (SSSR count). The molecule has 0 radical (unpaired) electrons. The molecule has 0 nitrogen and oxygen atoms in total. The van der Waals surface area contributed by atoms with Crippen molar-refractivity contribution in [1.82, 2.24) is 0 Å². The topological polar surface area (TPSA) is 0 Å². The lowest BCUT2D eigenvalue weighted by atomic mass is 9.98. The minimum Gasteiger partial charge on any atom is -0.204 e. The van der Waals surface area contributed by atoms with Gasteiger partial charge in [0.1, 0.15) is 0 Å². The summed E-state index contributed by atoms with van der Waals surface area (Å²) in [6, 6.07) is 10.1. The van der Waals surface area contributed by atoms with Crippen LogP contribution in [0.3, 0.4) is 0 Å². The van der Waals surface area contributed by atoms with Crippen molar-refractivity contribution in [2.45, 2.75) is 18.7 Å². The minimum absolute atomic E-state index is 0.132. The standard InChI is InChI=1S/C15H13BrF2/c1-9-3-4-10(2)12(7-9)15(16)11-5-6-13(17)14(18)8-11/h3-8,15H,1-2H3. The highest BCUT2D eigenvalue weighted by molar-refractivity contribution is 9.09. The lowest BCUT2D eigenvalue weighted by Gasteiger charge is -2.14. The molecule has 0 saturated carbocycles. The number of halogens is 3. The Labute approximate surface area is 114 Å². The SMILES string of the molecule is Cc1ccc(C)c(C(Br)c2ccc(F)c(F)c2)c1. The molecule has 0 amide bonds. The Morgan fingerprint density at radius 1 is 0.944 bits per heavy atom. The monoisotopic (exact) mass is 310 g/mol. The van der Waals surface area contributed by atoms with Crippen LogP contribution in [0.4, 0.5) is 8.78 Å². The van der Waals surface area contributed by atoms with Crippen LogP contribution in [0.5, 0.6) is 0 Å². The zero-order chi connectivity index (χ0) is 13.3. The van der Waals surface area contributed by atoms with Gasteiger partial charge in [0, 0.05) is 0 Å². The molecule has 2 aromatic carbocycles. The molecule has 0 aliphatic heterocycles. The Morgan fingerprint density at radius 3 is 2.33 bits per heavy atom. The van der Waals surface area contributed by atoms with E-state index in [0.29, 0.717) is 5.56 Å². The van der Waals surface area contributed by atoms with E-state index in [1.165, 1.54) is 6.07 Å². The summed E-state index contributed by atoms with van der Waals surface area (Å²) in [5.74, 6) is -1.64. The second-order valence-electron chi connectivity index (χ2n) is 4.40. The van der Waals surface area contributed by atoms with Gasteiger partial charge in [0.25, 0.3) is 0 Å². The first-order chi connectivity index (χ1) is 8.49. The minimum atomic E-state index is -0.820. The van der Waals surface area contributed by atoms with Gasteiger partial charge in [-0.1, -0.05) is 45.8 Å². The fourth-order valence-corrected chi connectivity index (χ4v) is 2.66. The Kier molecular flexibility index (Phi) is 3.81. The molecule has 0 aromatic heterocycles. The normalized spacial score (nSPS) is 12.5. The third-order valence-electron chi connectivity index (χ3n) is 2.94. The first-order valence-corrected chi connectivity index (χ1v) is 6.57. The molecule has 18 heavy (non-hydrogen) atoms. The fraction of sp³-hybridized carbons (Fsp3) is 0.200. The molecule has 0 fully saturated rings. The van der Waals surface area contributed by atoms with Crippen LogP contribution in [0.1, 0.15) is 27.1 Å². The van der Waals surface area contributed by atoms with Crippen LogP contribution in [0, 0.1) is 25.5 Å². The number of alkyl halides is 1. The van der Waals surface area contributed by atoms with Gasteiger partial charge < -0.3 is 0 Å². The van der Waals surface area contributed by atoms with E-state index in [2.05, 4.69) is 22.0 Å². The smallest absolute Gasteiger partial charge is 0.159 e. The predicted octanol–water partition coefficient (Wildman–Crippen LogP) is 5.07. The highest BCUT2D eigenvalue weighted by atomic mass is 79.9. The first-order valence-electron chi connectivity index (χ1n) is 5.65. The van der Waals surface area contributed by atoms with Gasteiger partial charge in [0.15, 0.2) is 11.6 Å². The van der Waals surface area contributed by atoms with Crippen molar-refractivity contribution in [2.24, 2.45) is 0 Å². The number of hydrogen-bond acceptors (Lipinski definition) is 0. The molecule has 94 valence electrons. The van der Waals surface area contributed by atoms with Crippen LogP contribution in [0.25, 0.3) is 0 Å². The zero-order valence-electron chi connectivity index (χ0n) is 10.2. The Bertz CT molecular complexity index is 579.